The van der Waals surface area contributed by atoms with Crippen LogP contribution >= 0.6 is 11.6 Å². The number of ether oxygens (including phenoxy) is 4. The predicted octanol–water partition coefficient (Wildman–Crippen LogP) is 5.17. The minimum atomic E-state index is -0.0416. The summed E-state index contributed by atoms with van der Waals surface area (Å²) in [4.78, 5) is 18.2. The Morgan fingerprint density at radius 2 is 1.81 bits per heavy atom. The molecule has 3 aliphatic rings. The highest BCUT2D eigenvalue weighted by atomic mass is 35.5. The van der Waals surface area contributed by atoms with Gasteiger partial charge in [0.15, 0.2) is 23.0 Å². The summed E-state index contributed by atoms with van der Waals surface area (Å²) in [6.45, 7) is 10.3. The molecule has 8 heteroatoms. The maximum Gasteiger partial charge on any atom is 0.227 e. The fourth-order valence-corrected chi connectivity index (χ4v) is 5.72. The fraction of sp³-hybridized carbons (Fsp3) is 0.552. The monoisotopic (exact) mass is 528 g/mol. The maximum absolute atomic E-state index is 13.9. The third kappa shape index (κ3) is 6.27. The Morgan fingerprint density at radius 3 is 2.68 bits per heavy atom. The summed E-state index contributed by atoms with van der Waals surface area (Å²) in [5, 5.41) is 0.535. The average Bonchev–Trinajstić information content (AvgIpc) is 3.14. The molecule has 0 bridgehead atoms. The van der Waals surface area contributed by atoms with E-state index in [0.717, 1.165) is 61.5 Å². The third-order valence-electron chi connectivity index (χ3n) is 7.03. The smallest absolute Gasteiger partial charge is 0.227 e. The molecule has 0 aliphatic carbocycles. The molecule has 1 fully saturated rings. The van der Waals surface area contributed by atoms with Gasteiger partial charge >= 0.3 is 0 Å². The zero-order valence-corrected chi connectivity index (χ0v) is 22.6. The Bertz CT molecular complexity index is 1110. The molecule has 2 aromatic carbocycles. The molecule has 2 aromatic rings. The number of carbonyl (C=O) groups excluding carboxylic acids is 1. The predicted molar refractivity (Wildman–Crippen MR) is 143 cm³/mol. The maximum atomic E-state index is 13.9. The van der Waals surface area contributed by atoms with Crippen LogP contribution in [0.5, 0.6) is 23.0 Å². The molecule has 3 heterocycles. The largest absolute Gasteiger partial charge is 0.489 e. The molecule has 0 N–H and O–H groups in total. The SMILES string of the molecule is CC(C)CN(Cc1cc(Cl)c2c(c1)OCCCO2)C(=O)C1CCCN(Cc2cccc3c2OCCO3)C1. The van der Waals surface area contributed by atoms with Gasteiger partial charge in [0.25, 0.3) is 0 Å². The number of rotatable bonds is 7. The first-order chi connectivity index (χ1) is 18.0. The number of carbonyl (C=O) groups is 1. The van der Waals surface area contributed by atoms with E-state index in [0.29, 0.717) is 62.0 Å². The average molecular weight is 529 g/mol. The summed E-state index contributed by atoms with van der Waals surface area (Å²) in [5.41, 5.74) is 2.08. The molecular weight excluding hydrogens is 492 g/mol. The second-order valence-electron chi connectivity index (χ2n) is 10.6. The number of hydrogen-bond acceptors (Lipinski definition) is 6. The summed E-state index contributed by atoms with van der Waals surface area (Å²) >= 11 is 6.55. The molecule has 0 radical (unpaired) electrons. The van der Waals surface area contributed by atoms with Crippen molar-refractivity contribution in [1.82, 2.24) is 9.80 Å². The quantitative estimate of drug-likeness (QED) is 0.494. The summed E-state index contributed by atoms with van der Waals surface area (Å²) in [5.74, 6) is 3.44. The van der Waals surface area contributed by atoms with E-state index in [1.165, 1.54) is 0 Å². The molecule has 3 aliphatic heterocycles. The van der Waals surface area contributed by atoms with Crippen molar-refractivity contribution in [3.05, 3.63) is 46.5 Å². The molecule has 1 unspecified atom stereocenters. The number of halogens is 1. The van der Waals surface area contributed by atoms with Gasteiger partial charge in [-0.15, -0.1) is 0 Å². The van der Waals surface area contributed by atoms with Crippen molar-refractivity contribution in [2.75, 3.05) is 46.1 Å². The van der Waals surface area contributed by atoms with E-state index < -0.39 is 0 Å². The molecule has 37 heavy (non-hydrogen) atoms. The first-order valence-corrected chi connectivity index (χ1v) is 13.8. The first-order valence-electron chi connectivity index (χ1n) is 13.4. The second-order valence-corrected chi connectivity index (χ2v) is 11.0. The third-order valence-corrected chi connectivity index (χ3v) is 7.31. The number of benzene rings is 2. The molecule has 1 saturated heterocycles. The van der Waals surface area contributed by atoms with Crippen molar-refractivity contribution in [1.29, 1.82) is 0 Å². The molecule has 0 spiro atoms. The Labute approximate surface area is 224 Å². The number of para-hydroxylation sites is 1. The minimum Gasteiger partial charge on any atom is -0.489 e. The van der Waals surface area contributed by atoms with Gasteiger partial charge < -0.3 is 23.8 Å². The van der Waals surface area contributed by atoms with Crippen LogP contribution in [0.3, 0.4) is 0 Å². The molecule has 0 aromatic heterocycles. The lowest BCUT2D eigenvalue weighted by atomic mass is 9.95. The van der Waals surface area contributed by atoms with Crippen LogP contribution in [-0.2, 0) is 17.9 Å². The zero-order valence-electron chi connectivity index (χ0n) is 21.8. The Kier molecular flexibility index (Phi) is 8.30. The van der Waals surface area contributed by atoms with Crippen molar-refractivity contribution in [2.45, 2.75) is 46.2 Å². The van der Waals surface area contributed by atoms with Crippen LogP contribution in [-0.4, -0.2) is 61.8 Å². The lowest BCUT2D eigenvalue weighted by Gasteiger charge is -2.36. The Hall–Kier alpha value is -2.64. The van der Waals surface area contributed by atoms with Crippen LogP contribution in [0.15, 0.2) is 30.3 Å². The highest BCUT2D eigenvalue weighted by Gasteiger charge is 2.31. The topological polar surface area (TPSA) is 60.5 Å². The zero-order chi connectivity index (χ0) is 25.8. The van der Waals surface area contributed by atoms with Gasteiger partial charge in [-0.25, -0.2) is 0 Å². The molecule has 7 nitrogen and oxygen atoms in total. The molecule has 1 atom stereocenters. The second kappa shape index (κ2) is 11.8. The highest BCUT2D eigenvalue weighted by molar-refractivity contribution is 6.32. The van der Waals surface area contributed by atoms with Gasteiger partial charge in [0.05, 0.1) is 24.2 Å². The minimum absolute atomic E-state index is 0.0416. The number of hydrogen-bond donors (Lipinski definition) is 0. The number of nitrogens with zero attached hydrogens (tertiary/aromatic N) is 2. The standard InChI is InChI=1S/C29H37ClN2O5/c1-20(2)16-32(17-21-14-24(30)28-26(15-21)34-10-5-11-36-28)29(33)23-7-4-9-31(19-23)18-22-6-3-8-25-27(22)37-13-12-35-25/h3,6,8,14-15,20,23H,4-5,7,9-13,16-19H2,1-2H3. The highest BCUT2D eigenvalue weighted by Crippen LogP contribution is 2.39. The summed E-state index contributed by atoms with van der Waals surface area (Å²) in [7, 11) is 0. The van der Waals surface area contributed by atoms with Gasteiger partial charge in [-0.2, -0.15) is 0 Å². The van der Waals surface area contributed by atoms with Gasteiger partial charge in [0.2, 0.25) is 5.91 Å². The van der Waals surface area contributed by atoms with Gasteiger partial charge in [0.1, 0.15) is 13.2 Å². The molecule has 1 amide bonds. The molecular formula is C29H37ClN2O5. The molecule has 200 valence electrons. The van der Waals surface area contributed by atoms with Crippen molar-refractivity contribution < 1.29 is 23.7 Å². The van der Waals surface area contributed by atoms with Gasteiger partial charge in [-0.1, -0.05) is 37.6 Å². The normalized spacial score (nSPS) is 19.4. The molecule has 0 saturated carbocycles. The van der Waals surface area contributed by atoms with Crippen LogP contribution in [0.1, 0.15) is 44.2 Å². The summed E-state index contributed by atoms with van der Waals surface area (Å²) in [6, 6.07) is 9.94. The number of likely N-dealkylation sites (tertiary alicyclic amines) is 1. The number of amides is 1. The summed E-state index contributed by atoms with van der Waals surface area (Å²) in [6.07, 6.45) is 2.72. The van der Waals surface area contributed by atoms with E-state index in [-0.39, 0.29) is 11.8 Å². The molecule has 5 rings (SSSR count). The fourth-order valence-electron chi connectivity index (χ4n) is 5.43. The van der Waals surface area contributed by atoms with Gasteiger partial charge in [-0.05, 0) is 49.1 Å². The van der Waals surface area contributed by atoms with Crippen LogP contribution in [0, 0.1) is 11.8 Å². The van der Waals surface area contributed by atoms with Crippen molar-refractivity contribution in [3.63, 3.8) is 0 Å². The van der Waals surface area contributed by atoms with E-state index in [9.17, 15) is 4.79 Å². The van der Waals surface area contributed by atoms with E-state index in [4.69, 9.17) is 30.5 Å². The number of fused-ring (bicyclic) bond motifs is 2. The van der Waals surface area contributed by atoms with Gasteiger partial charge in [-0.3, -0.25) is 9.69 Å². The van der Waals surface area contributed by atoms with E-state index in [2.05, 4.69) is 24.8 Å². The van der Waals surface area contributed by atoms with Crippen LogP contribution < -0.4 is 18.9 Å². The lowest BCUT2D eigenvalue weighted by Crippen LogP contribution is -2.45. The number of piperidine rings is 1. The summed E-state index contributed by atoms with van der Waals surface area (Å²) < 4.78 is 23.3. The Balaban J connectivity index is 1.29. The first kappa shape index (κ1) is 26.0. The van der Waals surface area contributed by atoms with Crippen LogP contribution in [0.25, 0.3) is 0 Å². The van der Waals surface area contributed by atoms with Crippen LogP contribution in [0.2, 0.25) is 5.02 Å². The van der Waals surface area contributed by atoms with Crippen LogP contribution in [0.4, 0.5) is 0 Å². The van der Waals surface area contributed by atoms with Crippen molar-refractivity contribution in [2.24, 2.45) is 11.8 Å². The van der Waals surface area contributed by atoms with E-state index in [1.54, 1.807) is 0 Å². The van der Waals surface area contributed by atoms with Gasteiger partial charge in [0, 0.05) is 38.2 Å². The van der Waals surface area contributed by atoms with E-state index in [1.807, 2.05) is 29.2 Å². The van der Waals surface area contributed by atoms with Crippen molar-refractivity contribution in [3.8, 4) is 23.0 Å². The van der Waals surface area contributed by atoms with Crippen molar-refractivity contribution >= 4 is 17.5 Å². The van der Waals surface area contributed by atoms with E-state index >= 15 is 0 Å². The Morgan fingerprint density at radius 1 is 1.03 bits per heavy atom. The lowest BCUT2D eigenvalue weighted by molar-refractivity contribution is -0.138.